The van der Waals surface area contributed by atoms with Crippen molar-refractivity contribution >= 4 is 31.3 Å². The number of benzene rings is 3. The molecule has 0 N–H and O–H groups in total. The van der Waals surface area contributed by atoms with E-state index in [1.807, 2.05) is 97.2 Å². The average molecular weight is 823 g/mol. The van der Waals surface area contributed by atoms with Crippen LogP contribution in [0.1, 0.15) is 70.4 Å². The maximum atomic E-state index is 9.42. The van der Waals surface area contributed by atoms with Gasteiger partial charge in [-0.2, -0.15) is 5.26 Å². The summed E-state index contributed by atoms with van der Waals surface area (Å²) < 4.78 is 43.2. The van der Waals surface area contributed by atoms with E-state index in [1.165, 1.54) is 6.33 Å². The molecule has 0 radical (unpaired) electrons. The second kappa shape index (κ2) is 19.8. The van der Waals surface area contributed by atoms with Crippen LogP contribution < -0.4 is 9.47 Å². The number of aromatic nitrogens is 4. The number of hydrogen-bond acceptors (Lipinski definition) is 12. The number of ether oxygens (including phenoxy) is 4. The number of methoxy groups -OCH3 is 2. The molecule has 3 aromatic carbocycles. The van der Waals surface area contributed by atoms with E-state index in [2.05, 4.69) is 65.5 Å². The molecule has 2 aromatic heterocycles. The van der Waals surface area contributed by atoms with Crippen LogP contribution in [-0.4, -0.2) is 101 Å². The van der Waals surface area contributed by atoms with Crippen molar-refractivity contribution in [3.63, 3.8) is 0 Å². The Balaban J connectivity index is 1.46. The molecule has 1 aliphatic heterocycles. The largest absolute Gasteiger partial charge is 0.497 e. The summed E-state index contributed by atoms with van der Waals surface area (Å²) >= 11 is 0. The van der Waals surface area contributed by atoms with Gasteiger partial charge >= 0.3 is 0 Å². The topological polar surface area (TPSA) is 142 Å². The number of amidine groups is 1. The van der Waals surface area contributed by atoms with E-state index in [0.29, 0.717) is 23.4 Å². The SMILES string of the molecule is COc1ccc(C(OC[C@H]2O[C@@H](n3cnc4ncnc(N=C(C)N(C)C)c43)C[C@@H]2OP(OCCC#N)N(C(C)C)C(C)C)(c2ccccc2)c2ccc(OC)cc2)cc1. The van der Waals surface area contributed by atoms with Crippen molar-refractivity contribution in [2.24, 2.45) is 4.99 Å². The molecule has 1 unspecified atom stereocenters. The highest BCUT2D eigenvalue weighted by atomic mass is 31.2. The van der Waals surface area contributed by atoms with Crippen molar-refractivity contribution in [1.82, 2.24) is 29.1 Å². The maximum Gasteiger partial charge on any atom is 0.259 e. The van der Waals surface area contributed by atoms with Gasteiger partial charge < -0.3 is 32.9 Å². The molecule has 0 amide bonds. The number of aliphatic imine (C=N–C) groups is 1. The van der Waals surface area contributed by atoms with Crippen LogP contribution >= 0.6 is 8.53 Å². The number of fused-ring (bicyclic) bond motifs is 1. The Kier molecular flexibility index (Phi) is 14.6. The Bertz CT molecular complexity index is 2120. The lowest BCUT2D eigenvalue weighted by Crippen LogP contribution is -2.39. The third kappa shape index (κ3) is 9.73. The molecular formula is C44H55N8O6P. The van der Waals surface area contributed by atoms with Gasteiger partial charge in [0.1, 0.15) is 47.1 Å². The third-order valence-electron chi connectivity index (χ3n) is 10.3. The van der Waals surface area contributed by atoms with Crippen LogP contribution in [0.2, 0.25) is 0 Å². The summed E-state index contributed by atoms with van der Waals surface area (Å²) in [6.45, 7) is 10.8. The van der Waals surface area contributed by atoms with Gasteiger partial charge in [0.15, 0.2) is 11.5 Å². The Hall–Kier alpha value is -5.00. The molecule has 1 fully saturated rings. The maximum absolute atomic E-state index is 9.42. The van der Waals surface area contributed by atoms with E-state index in [4.69, 9.17) is 33.0 Å². The van der Waals surface area contributed by atoms with Gasteiger partial charge in [0.05, 0.1) is 52.4 Å². The first-order valence-corrected chi connectivity index (χ1v) is 20.9. The predicted molar refractivity (Wildman–Crippen MR) is 229 cm³/mol. The zero-order valence-corrected chi connectivity index (χ0v) is 36.2. The standard InChI is InChI=1S/C44H55N8O6P/c1-30(2)52(31(3)4)59(56-25-13-24-45)58-38-26-40(51-29-48-42-41(51)43(47-28-46-42)49-32(5)50(6)7)57-39(38)27-55-44(33-14-11-10-12-15-33,34-16-20-36(53-8)21-17-34)35-18-22-37(54-9)23-19-35/h10-12,14-23,28-31,38-40H,13,25-27H2,1-9H3/t38-,39+,40+,59?/m0/s1. The van der Waals surface area contributed by atoms with Crippen molar-refractivity contribution in [2.75, 3.05) is 41.5 Å². The van der Waals surface area contributed by atoms with Crippen molar-refractivity contribution in [1.29, 1.82) is 5.26 Å². The molecular weight excluding hydrogens is 768 g/mol. The highest BCUT2D eigenvalue weighted by Crippen LogP contribution is 2.51. The normalized spacial score (nSPS) is 17.8. The lowest BCUT2D eigenvalue weighted by Gasteiger charge is -2.39. The molecule has 312 valence electrons. The Labute approximate surface area is 348 Å². The van der Waals surface area contributed by atoms with E-state index in [-0.39, 0.29) is 31.7 Å². The van der Waals surface area contributed by atoms with Gasteiger partial charge in [-0.1, -0.05) is 54.6 Å². The fraction of sp³-hybridized carbons (Fsp3) is 0.432. The molecule has 5 aromatic rings. The lowest BCUT2D eigenvalue weighted by atomic mass is 9.80. The molecule has 3 heterocycles. The monoisotopic (exact) mass is 822 g/mol. The molecule has 6 rings (SSSR count). The summed E-state index contributed by atoms with van der Waals surface area (Å²) in [5.41, 5.74) is 2.76. The molecule has 1 aliphatic rings. The minimum atomic E-state index is -1.63. The molecule has 0 aliphatic carbocycles. The van der Waals surface area contributed by atoms with Gasteiger partial charge in [0.2, 0.25) is 0 Å². The molecule has 0 bridgehead atoms. The number of nitrogens with zero attached hydrogens (tertiary/aromatic N) is 8. The number of rotatable bonds is 18. The number of imidazole rings is 1. The first kappa shape index (κ1) is 43.6. The Morgan fingerprint density at radius 1 is 0.915 bits per heavy atom. The van der Waals surface area contributed by atoms with E-state index >= 15 is 0 Å². The molecule has 4 atom stereocenters. The smallest absolute Gasteiger partial charge is 0.259 e. The Morgan fingerprint density at radius 3 is 2.08 bits per heavy atom. The third-order valence-corrected chi connectivity index (χ3v) is 12.4. The second-order valence-corrected chi connectivity index (χ2v) is 16.4. The molecule has 15 heteroatoms. The summed E-state index contributed by atoms with van der Waals surface area (Å²) in [6, 6.07) is 28.4. The highest BCUT2D eigenvalue weighted by Gasteiger charge is 2.45. The van der Waals surface area contributed by atoms with E-state index in [0.717, 1.165) is 34.0 Å². The predicted octanol–water partition coefficient (Wildman–Crippen LogP) is 8.41. The summed E-state index contributed by atoms with van der Waals surface area (Å²) in [4.78, 5) is 20.4. The summed E-state index contributed by atoms with van der Waals surface area (Å²) in [5.74, 6) is 2.71. The fourth-order valence-corrected chi connectivity index (χ4v) is 9.00. The van der Waals surface area contributed by atoms with Gasteiger partial charge in [0.25, 0.3) is 8.53 Å². The molecule has 0 saturated carbocycles. The minimum Gasteiger partial charge on any atom is -0.497 e. The van der Waals surface area contributed by atoms with Crippen molar-refractivity contribution in [3.8, 4) is 17.6 Å². The van der Waals surface area contributed by atoms with Crippen LogP contribution in [-0.2, 0) is 24.1 Å². The molecule has 0 spiro atoms. The van der Waals surface area contributed by atoms with Gasteiger partial charge in [-0.25, -0.2) is 24.6 Å². The highest BCUT2D eigenvalue weighted by molar-refractivity contribution is 7.44. The Morgan fingerprint density at radius 2 is 1.53 bits per heavy atom. The van der Waals surface area contributed by atoms with E-state index in [1.54, 1.807) is 20.5 Å². The number of nitriles is 1. The van der Waals surface area contributed by atoms with Gasteiger partial charge in [0, 0.05) is 32.6 Å². The minimum absolute atomic E-state index is 0.0991. The van der Waals surface area contributed by atoms with Crippen molar-refractivity contribution in [2.45, 2.75) is 83.6 Å². The first-order chi connectivity index (χ1) is 28.5. The molecule has 1 saturated heterocycles. The van der Waals surface area contributed by atoms with Crippen molar-refractivity contribution in [3.05, 3.63) is 108 Å². The van der Waals surface area contributed by atoms with Gasteiger partial charge in [-0.3, -0.25) is 4.57 Å². The van der Waals surface area contributed by atoms with Crippen LogP contribution in [0.4, 0.5) is 5.82 Å². The van der Waals surface area contributed by atoms with Crippen LogP contribution in [0.15, 0.2) is 96.5 Å². The van der Waals surface area contributed by atoms with E-state index in [9.17, 15) is 5.26 Å². The van der Waals surface area contributed by atoms with Gasteiger partial charge in [-0.05, 0) is 75.6 Å². The summed E-state index contributed by atoms with van der Waals surface area (Å²) in [7, 11) is 5.54. The summed E-state index contributed by atoms with van der Waals surface area (Å²) in [5, 5.41) is 9.42. The van der Waals surface area contributed by atoms with Crippen molar-refractivity contribution < 1.29 is 28.0 Å². The quantitative estimate of drug-likeness (QED) is 0.0275. The average Bonchev–Trinajstić information content (AvgIpc) is 3.86. The van der Waals surface area contributed by atoms with Crippen LogP contribution in [0.25, 0.3) is 11.2 Å². The zero-order valence-electron chi connectivity index (χ0n) is 35.3. The first-order valence-electron chi connectivity index (χ1n) is 19.8. The zero-order chi connectivity index (χ0) is 42.1. The molecule has 14 nitrogen and oxygen atoms in total. The van der Waals surface area contributed by atoms with Crippen LogP contribution in [0.3, 0.4) is 0 Å². The van der Waals surface area contributed by atoms with Crippen LogP contribution in [0.5, 0.6) is 11.5 Å². The van der Waals surface area contributed by atoms with Crippen LogP contribution in [0, 0.1) is 11.3 Å². The van der Waals surface area contributed by atoms with Gasteiger partial charge in [-0.15, -0.1) is 0 Å². The fourth-order valence-electron chi connectivity index (χ4n) is 7.24. The lowest BCUT2D eigenvalue weighted by molar-refractivity contribution is -0.0911. The summed E-state index contributed by atoms with van der Waals surface area (Å²) in [6.07, 6.45) is 2.21. The van der Waals surface area contributed by atoms with E-state index < -0.39 is 32.6 Å². The number of hydrogen-bond donors (Lipinski definition) is 0. The second-order valence-electron chi connectivity index (χ2n) is 14.9. The molecule has 59 heavy (non-hydrogen) atoms.